The molecule has 0 radical (unpaired) electrons. The fourth-order valence-corrected chi connectivity index (χ4v) is 4.20. The van der Waals surface area contributed by atoms with E-state index in [1.165, 1.54) is 11.1 Å². The first-order valence-electron chi connectivity index (χ1n) is 8.06. The molecule has 0 saturated carbocycles. The van der Waals surface area contributed by atoms with Crippen molar-refractivity contribution in [3.05, 3.63) is 71.8 Å². The van der Waals surface area contributed by atoms with E-state index in [4.69, 9.17) is 0 Å². The number of likely N-dealkylation sites (tertiary alicyclic amines) is 1. The average Bonchev–Trinajstić information content (AvgIpc) is 3.12. The first kappa shape index (κ1) is 16.2. The first-order chi connectivity index (χ1) is 11.2. The quantitative estimate of drug-likeness (QED) is 0.876. The van der Waals surface area contributed by atoms with E-state index in [0.717, 1.165) is 19.4 Å². The molecule has 2 aromatic carbocycles. The Morgan fingerprint density at radius 1 is 1.09 bits per heavy atom. The summed E-state index contributed by atoms with van der Waals surface area (Å²) in [6, 6.07) is 20.7. The number of benzene rings is 2. The monoisotopic (exact) mass is 326 g/mol. The molecule has 120 valence electrons. The summed E-state index contributed by atoms with van der Waals surface area (Å²) in [4.78, 5) is 14.7. The highest BCUT2D eigenvalue weighted by molar-refractivity contribution is 7.18. The number of amides is 1. The van der Waals surface area contributed by atoms with Crippen LogP contribution in [0.1, 0.15) is 24.0 Å². The van der Waals surface area contributed by atoms with Crippen LogP contribution in [0.3, 0.4) is 0 Å². The van der Waals surface area contributed by atoms with Gasteiger partial charge in [-0.3, -0.25) is 9.69 Å². The standard InChI is InChI=1S/C19H23N2OP/c1-20-18(22)17-13-8-14-21(17)19(23,15-9-4-2-5-10-15)16-11-6-3-7-12-16/h2-7,9-12,17H,8,13-14,23H2,1H3,(H,20,22). The van der Waals surface area contributed by atoms with Crippen molar-refractivity contribution < 1.29 is 4.79 Å². The van der Waals surface area contributed by atoms with Gasteiger partial charge in [-0.05, 0) is 24.0 Å². The molecule has 1 amide bonds. The van der Waals surface area contributed by atoms with Crippen LogP contribution >= 0.6 is 9.24 Å². The van der Waals surface area contributed by atoms with Crippen molar-refractivity contribution in [3.63, 3.8) is 0 Å². The molecule has 23 heavy (non-hydrogen) atoms. The second kappa shape index (κ2) is 6.82. The van der Waals surface area contributed by atoms with Crippen molar-refractivity contribution in [1.29, 1.82) is 0 Å². The minimum atomic E-state index is -0.393. The van der Waals surface area contributed by atoms with Crippen LogP contribution in [0.2, 0.25) is 0 Å². The zero-order chi connectivity index (χ0) is 16.3. The van der Waals surface area contributed by atoms with Gasteiger partial charge in [-0.15, -0.1) is 9.24 Å². The van der Waals surface area contributed by atoms with Crippen LogP contribution in [-0.2, 0) is 10.1 Å². The topological polar surface area (TPSA) is 32.3 Å². The molecular weight excluding hydrogens is 303 g/mol. The predicted octanol–water partition coefficient (Wildman–Crippen LogP) is 2.97. The van der Waals surface area contributed by atoms with Crippen LogP contribution < -0.4 is 5.32 Å². The average molecular weight is 326 g/mol. The van der Waals surface area contributed by atoms with Crippen molar-refractivity contribution in [2.75, 3.05) is 13.6 Å². The highest BCUT2D eigenvalue weighted by Gasteiger charge is 2.44. The van der Waals surface area contributed by atoms with Gasteiger partial charge in [0.15, 0.2) is 0 Å². The summed E-state index contributed by atoms with van der Waals surface area (Å²) in [5, 5.41) is 2.43. The number of carbonyl (C=O) groups is 1. The highest BCUT2D eigenvalue weighted by Crippen LogP contribution is 2.45. The molecule has 4 heteroatoms. The van der Waals surface area contributed by atoms with E-state index >= 15 is 0 Å². The molecule has 1 aliphatic rings. The molecule has 3 nitrogen and oxygen atoms in total. The van der Waals surface area contributed by atoms with Crippen LogP contribution in [0.4, 0.5) is 0 Å². The Labute approximate surface area is 140 Å². The molecule has 1 N–H and O–H groups in total. The lowest BCUT2D eigenvalue weighted by Crippen LogP contribution is -2.50. The van der Waals surface area contributed by atoms with Gasteiger partial charge in [-0.25, -0.2) is 0 Å². The van der Waals surface area contributed by atoms with Gasteiger partial charge in [0.05, 0.1) is 11.3 Å². The van der Waals surface area contributed by atoms with Gasteiger partial charge in [-0.2, -0.15) is 0 Å². The Morgan fingerprint density at radius 2 is 1.61 bits per heavy atom. The largest absolute Gasteiger partial charge is 0.358 e. The molecular formula is C19H23N2OP. The number of nitrogens with one attached hydrogen (secondary N) is 1. The summed E-state index contributed by atoms with van der Waals surface area (Å²) in [5.74, 6) is 0.0983. The minimum absolute atomic E-state index is 0.0983. The van der Waals surface area contributed by atoms with E-state index in [1.807, 2.05) is 12.1 Å². The number of hydrogen-bond donors (Lipinski definition) is 1. The predicted molar refractivity (Wildman–Crippen MR) is 97.2 cm³/mol. The number of rotatable bonds is 4. The molecule has 2 unspecified atom stereocenters. The van der Waals surface area contributed by atoms with Crippen molar-refractivity contribution in [2.24, 2.45) is 0 Å². The molecule has 2 aromatic rings. The SMILES string of the molecule is CNC(=O)C1CCCN1C(P)(c1ccccc1)c1ccccc1. The lowest BCUT2D eigenvalue weighted by Gasteiger charge is -2.42. The zero-order valence-corrected chi connectivity index (χ0v) is 14.6. The van der Waals surface area contributed by atoms with E-state index in [1.54, 1.807) is 7.05 Å². The highest BCUT2D eigenvalue weighted by atomic mass is 31.0. The van der Waals surface area contributed by atoms with Crippen molar-refractivity contribution >= 4 is 15.1 Å². The third-order valence-corrected chi connectivity index (χ3v) is 5.68. The first-order valence-corrected chi connectivity index (χ1v) is 8.64. The summed E-state index contributed by atoms with van der Waals surface area (Å²) < 4.78 is 0. The maximum atomic E-state index is 12.4. The van der Waals surface area contributed by atoms with Crippen molar-refractivity contribution in [1.82, 2.24) is 10.2 Å². The summed E-state index contributed by atoms with van der Waals surface area (Å²) in [5.41, 5.74) is 2.37. The summed E-state index contributed by atoms with van der Waals surface area (Å²) >= 11 is 0. The van der Waals surface area contributed by atoms with Gasteiger partial charge in [0.25, 0.3) is 0 Å². The Kier molecular flexibility index (Phi) is 4.79. The van der Waals surface area contributed by atoms with E-state index in [2.05, 4.69) is 68.0 Å². The van der Waals surface area contributed by atoms with Gasteiger partial charge in [-0.1, -0.05) is 60.7 Å². The van der Waals surface area contributed by atoms with Crippen LogP contribution in [0.25, 0.3) is 0 Å². The third kappa shape index (κ3) is 2.91. The van der Waals surface area contributed by atoms with Crippen LogP contribution in [-0.4, -0.2) is 30.4 Å². The number of carbonyl (C=O) groups excluding carboxylic acids is 1. The molecule has 1 heterocycles. The smallest absolute Gasteiger partial charge is 0.237 e. The van der Waals surface area contributed by atoms with Gasteiger partial charge in [0.2, 0.25) is 5.91 Å². The van der Waals surface area contributed by atoms with Crippen LogP contribution in [0.15, 0.2) is 60.7 Å². The molecule has 0 bridgehead atoms. The zero-order valence-electron chi connectivity index (χ0n) is 13.4. The van der Waals surface area contributed by atoms with Crippen molar-refractivity contribution in [3.8, 4) is 0 Å². The molecule has 2 atom stereocenters. The molecule has 0 aliphatic carbocycles. The summed E-state index contributed by atoms with van der Waals surface area (Å²) in [7, 11) is 4.74. The Balaban J connectivity index is 2.11. The van der Waals surface area contributed by atoms with E-state index < -0.39 is 5.28 Å². The third-order valence-electron chi connectivity index (χ3n) is 4.68. The van der Waals surface area contributed by atoms with Crippen LogP contribution in [0, 0.1) is 0 Å². The van der Waals surface area contributed by atoms with Gasteiger partial charge >= 0.3 is 0 Å². The molecule has 1 saturated heterocycles. The van der Waals surface area contributed by atoms with Crippen molar-refractivity contribution in [2.45, 2.75) is 24.2 Å². The lowest BCUT2D eigenvalue weighted by atomic mass is 9.95. The number of likely N-dealkylation sites (N-methyl/N-ethyl adjacent to an activating group) is 1. The van der Waals surface area contributed by atoms with E-state index in [9.17, 15) is 4.79 Å². The second-order valence-electron chi connectivity index (χ2n) is 5.96. The maximum Gasteiger partial charge on any atom is 0.237 e. The van der Waals surface area contributed by atoms with Gasteiger partial charge in [0, 0.05) is 13.6 Å². The Hall–Kier alpha value is -1.70. The fourth-order valence-electron chi connectivity index (χ4n) is 3.51. The second-order valence-corrected chi connectivity index (χ2v) is 6.80. The fraction of sp³-hybridized carbons (Fsp3) is 0.316. The van der Waals surface area contributed by atoms with Gasteiger partial charge < -0.3 is 5.32 Å². The molecule has 1 fully saturated rings. The lowest BCUT2D eigenvalue weighted by molar-refractivity contribution is -0.125. The Bertz CT molecular complexity index is 620. The van der Waals surface area contributed by atoms with E-state index in [0.29, 0.717) is 0 Å². The van der Waals surface area contributed by atoms with E-state index in [-0.39, 0.29) is 11.9 Å². The minimum Gasteiger partial charge on any atom is -0.358 e. The van der Waals surface area contributed by atoms with Gasteiger partial charge in [0.1, 0.15) is 0 Å². The molecule has 1 aliphatic heterocycles. The number of hydrogen-bond acceptors (Lipinski definition) is 2. The maximum absolute atomic E-state index is 12.4. The van der Waals surface area contributed by atoms with Crippen LogP contribution in [0.5, 0.6) is 0 Å². The summed E-state index contributed by atoms with van der Waals surface area (Å²) in [6.07, 6.45) is 1.93. The summed E-state index contributed by atoms with van der Waals surface area (Å²) in [6.45, 7) is 0.908. The molecule has 0 aromatic heterocycles. The normalized spacial score (nSPS) is 18.8. The number of nitrogens with zero attached hydrogens (tertiary/aromatic N) is 1. The molecule has 3 rings (SSSR count). The Morgan fingerprint density at radius 3 is 2.09 bits per heavy atom. The molecule has 0 spiro atoms.